The van der Waals surface area contributed by atoms with E-state index >= 15 is 0 Å². The zero-order chi connectivity index (χ0) is 24.3. The van der Waals surface area contributed by atoms with Gasteiger partial charge in [-0.3, -0.25) is 4.79 Å². The first-order chi connectivity index (χ1) is 16.5. The lowest BCUT2D eigenvalue weighted by Crippen LogP contribution is -2.27. The summed E-state index contributed by atoms with van der Waals surface area (Å²) in [4.78, 5) is 16.4. The van der Waals surface area contributed by atoms with E-state index in [4.69, 9.17) is 14.2 Å². The second kappa shape index (κ2) is 12.0. The van der Waals surface area contributed by atoms with Gasteiger partial charge in [0.2, 0.25) is 11.7 Å². The lowest BCUT2D eigenvalue weighted by atomic mass is 10.1. The maximum absolute atomic E-state index is 12.1. The molecule has 0 aliphatic rings. The largest absolute Gasteiger partial charge is 0.493 e. The smallest absolute Gasteiger partial charge is 0.244 e. The number of pyridine rings is 1. The fourth-order valence-corrected chi connectivity index (χ4v) is 2.97. The fourth-order valence-electron chi connectivity index (χ4n) is 2.97. The zero-order valence-electron chi connectivity index (χ0n) is 19.6. The average molecular weight is 465 g/mol. The highest BCUT2D eigenvalue weighted by molar-refractivity contribution is 5.91. The van der Waals surface area contributed by atoms with E-state index in [0.717, 1.165) is 11.1 Å². The van der Waals surface area contributed by atoms with Gasteiger partial charge in [0.15, 0.2) is 17.3 Å². The number of carbonyl (C=O) groups is 1. The number of benzene rings is 1. The van der Waals surface area contributed by atoms with E-state index in [1.54, 1.807) is 50.8 Å². The molecule has 0 aliphatic heterocycles. The molecule has 3 aromatic rings. The molecule has 178 valence electrons. The molecular weight excluding hydrogens is 436 g/mol. The van der Waals surface area contributed by atoms with Crippen molar-refractivity contribution in [3.8, 4) is 17.2 Å². The Kier molecular flexibility index (Phi) is 8.61. The van der Waals surface area contributed by atoms with Crippen molar-refractivity contribution in [1.29, 1.82) is 0 Å². The van der Waals surface area contributed by atoms with Crippen molar-refractivity contribution in [2.75, 3.05) is 45.1 Å². The van der Waals surface area contributed by atoms with Gasteiger partial charge in [-0.2, -0.15) is 0 Å². The van der Waals surface area contributed by atoms with E-state index in [-0.39, 0.29) is 5.91 Å². The number of carbonyl (C=O) groups excluding carboxylic acids is 1. The summed E-state index contributed by atoms with van der Waals surface area (Å²) < 4.78 is 15.9. The topological polar surface area (TPSA) is 120 Å². The molecule has 0 aliphatic carbocycles. The van der Waals surface area contributed by atoms with E-state index in [9.17, 15) is 4.79 Å². The highest BCUT2D eigenvalue weighted by Crippen LogP contribution is 2.38. The third-order valence-electron chi connectivity index (χ3n) is 4.68. The number of hydrogen-bond acceptors (Lipinski definition) is 9. The summed E-state index contributed by atoms with van der Waals surface area (Å²) >= 11 is 0. The highest BCUT2D eigenvalue weighted by Gasteiger charge is 2.12. The number of methoxy groups -OCH3 is 3. The summed E-state index contributed by atoms with van der Waals surface area (Å²) in [6.07, 6.45) is 4.90. The van der Waals surface area contributed by atoms with Crippen molar-refractivity contribution in [1.82, 2.24) is 20.5 Å². The summed E-state index contributed by atoms with van der Waals surface area (Å²) in [6, 6.07) is 11.0. The number of amides is 1. The van der Waals surface area contributed by atoms with Crippen LogP contribution in [0.5, 0.6) is 17.2 Å². The van der Waals surface area contributed by atoms with E-state index in [2.05, 4.69) is 31.1 Å². The van der Waals surface area contributed by atoms with E-state index in [0.29, 0.717) is 47.8 Å². The van der Waals surface area contributed by atoms with Gasteiger partial charge in [0.05, 0.1) is 21.3 Å². The number of rotatable bonds is 11. The zero-order valence-corrected chi connectivity index (χ0v) is 19.6. The minimum atomic E-state index is -0.230. The van der Waals surface area contributed by atoms with E-state index in [1.165, 1.54) is 13.2 Å². The summed E-state index contributed by atoms with van der Waals surface area (Å²) in [7, 11) is 4.62. The number of nitrogens with zero attached hydrogens (tertiary/aromatic N) is 3. The van der Waals surface area contributed by atoms with Crippen molar-refractivity contribution in [3.63, 3.8) is 0 Å². The molecule has 0 fully saturated rings. The van der Waals surface area contributed by atoms with Gasteiger partial charge in [-0.05, 0) is 54.5 Å². The fraction of sp³-hybridized carbons (Fsp3) is 0.250. The summed E-state index contributed by atoms with van der Waals surface area (Å²) in [6.45, 7) is 2.88. The Balaban J connectivity index is 1.44. The molecule has 0 radical (unpaired) electrons. The quantitative estimate of drug-likeness (QED) is 0.290. The summed E-state index contributed by atoms with van der Waals surface area (Å²) in [5.41, 5.74) is 1.83. The second-order valence-corrected chi connectivity index (χ2v) is 7.16. The van der Waals surface area contributed by atoms with Gasteiger partial charge in [-0.25, -0.2) is 4.98 Å². The molecule has 10 nitrogen and oxygen atoms in total. The molecule has 1 amide bonds. The Morgan fingerprint density at radius 2 is 1.59 bits per heavy atom. The van der Waals surface area contributed by atoms with Crippen LogP contribution in [0, 0.1) is 6.92 Å². The molecule has 0 saturated heterocycles. The van der Waals surface area contributed by atoms with Gasteiger partial charge in [0, 0.05) is 25.4 Å². The van der Waals surface area contributed by atoms with Crippen LogP contribution < -0.4 is 30.2 Å². The maximum atomic E-state index is 12.1. The minimum absolute atomic E-state index is 0.230. The third-order valence-corrected chi connectivity index (χ3v) is 4.68. The molecule has 0 atom stereocenters. The minimum Gasteiger partial charge on any atom is -0.493 e. The molecule has 1 aromatic carbocycles. The normalized spacial score (nSPS) is 10.6. The van der Waals surface area contributed by atoms with E-state index in [1.807, 2.05) is 19.1 Å². The summed E-state index contributed by atoms with van der Waals surface area (Å²) in [5.74, 6) is 3.19. The van der Waals surface area contributed by atoms with Crippen molar-refractivity contribution < 1.29 is 19.0 Å². The molecule has 3 N–H and O–H groups in total. The Bertz CT molecular complexity index is 1090. The number of aryl methyl sites for hydroxylation is 1. The monoisotopic (exact) mass is 464 g/mol. The first-order valence-corrected chi connectivity index (χ1v) is 10.6. The number of aromatic nitrogens is 3. The van der Waals surface area contributed by atoms with Crippen molar-refractivity contribution in [3.05, 3.63) is 59.8 Å². The average Bonchev–Trinajstić information content (AvgIpc) is 2.86. The molecule has 0 saturated carbocycles. The number of anilines is 3. The third kappa shape index (κ3) is 6.83. The van der Waals surface area contributed by atoms with Crippen LogP contribution in [0.2, 0.25) is 0 Å². The molecule has 34 heavy (non-hydrogen) atoms. The Morgan fingerprint density at radius 1 is 0.912 bits per heavy atom. The van der Waals surface area contributed by atoms with Crippen LogP contribution >= 0.6 is 0 Å². The van der Waals surface area contributed by atoms with Gasteiger partial charge in [-0.1, -0.05) is 6.07 Å². The van der Waals surface area contributed by atoms with Gasteiger partial charge < -0.3 is 30.2 Å². The number of ether oxygens (including phenoxy) is 3. The van der Waals surface area contributed by atoms with Crippen LogP contribution in [0.4, 0.5) is 17.5 Å². The number of hydrogen-bond donors (Lipinski definition) is 3. The van der Waals surface area contributed by atoms with Crippen LogP contribution in [0.25, 0.3) is 6.08 Å². The van der Waals surface area contributed by atoms with Gasteiger partial charge >= 0.3 is 0 Å². The van der Waals surface area contributed by atoms with E-state index < -0.39 is 0 Å². The highest BCUT2D eigenvalue weighted by atomic mass is 16.5. The van der Waals surface area contributed by atoms with Crippen LogP contribution in [0.15, 0.2) is 48.7 Å². The lowest BCUT2D eigenvalue weighted by molar-refractivity contribution is -0.116. The van der Waals surface area contributed by atoms with Crippen molar-refractivity contribution in [2.45, 2.75) is 6.92 Å². The van der Waals surface area contributed by atoms with Gasteiger partial charge in [-0.15, -0.1) is 10.2 Å². The molecular formula is C24H28N6O4. The molecule has 0 unspecified atom stereocenters. The van der Waals surface area contributed by atoms with Crippen LogP contribution in [0.3, 0.4) is 0 Å². The SMILES string of the molecule is COc1cc(/C=C/C(=O)NCCNc2ccc(Nc3ccc(C)cn3)nn2)cc(OC)c1OC. The molecule has 0 spiro atoms. The molecule has 3 rings (SSSR count). The van der Waals surface area contributed by atoms with Crippen LogP contribution in [-0.2, 0) is 4.79 Å². The Labute approximate surface area is 198 Å². The Hall–Kier alpha value is -4.34. The molecule has 10 heteroatoms. The first-order valence-electron chi connectivity index (χ1n) is 10.6. The van der Waals surface area contributed by atoms with Gasteiger partial charge in [0.25, 0.3) is 0 Å². The molecule has 2 aromatic heterocycles. The van der Waals surface area contributed by atoms with Crippen molar-refractivity contribution in [2.24, 2.45) is 0 Å². The lowest BCUT2D eigenvalue weighted by Gasteiger charge is -2.12. The Morgan fingerprint density at radius 3 is 2.18 bits per heavy atom. The maximum Gasteiger partial charge on any atom is 0.244 e. The van der Waals surface area contributed by atoms with Crippen LogP contribution in [0.1, 0.15) is 11.1 Å². The second-order valence-electron chi connectivity index (χ2n) is 7.16. The summed E-state index contributed by atoms with van der Waals surface area (Å²) in [5, 5.41) is 17.3. The predicted molar refractivity (Wildman–Crippen MR) is 131 cm³/mol. The first kappa shape index (κ1) is 24.3. The standard InChI is InChI=1S/C24H28N6O4/c1-16-5-7-20(27-15-16)28-22-9-8-21(29-30-22)25-11-12-26-23(31)10-6-17-13-18(32-2)24(34-4)19(14-17)33-3/h5-10,13-15H,11-12H2,1-4H3,(H,25,29)(H,26,31)(H,27,28,30)/b10-6+. The molecule has 2 heterocycles. The van der Waals surface area contributed by atoms with Crippen LogP contribution in [-0.4, -0.2) is 55.5 Å². The number of nitrogens with one attached hydrogen (secondary N) is 3. The van der Waals surface area contributed by atoms with Crippen molar-refractivity contribution >= 4 is 29.4 Å². The molecule has 0 bridgehead atoms. The van der Waals surface area contributed by atoms with Gasteiger partial charge in [0.1, 0.15) is 11.6 Å². The predicted octanol–water partition coefficient (Wildman–Crippen LogP) is 3.19.